The second-order valence-corrected chi connectivity index (χ2v) is 3.05. The molecular formula is C7H3BrClF3. The Kier molecular flexibility index (Phi) is 1.70. The zero-order chi connectivity index (χ0) is 12.0. The van der Waals surface area contributed by atoms with E-state index in [9.17, 15) is 13.2 Å². The molecule has 0 unspecified atom stereocenters. The van der Waals surface area contributed by atoms with Crippen LogP contribution in [-0.4, -0.2) is 0 Å². The van der Waals surface area contributed by atoms with Crippen LogP contribution in [0, 0.1) is 0 Å². The van der Waals surface area contributed by atoms with Gasteiger partial charge >= 0.3 is 6.18 Å². The van der Waals surface area contributed by atoms with E-state index in [1.165, 1.54) is 0 Å². The maximum Gasteiger partial charge on any atom is 0.416 e. The van der Waals surface area contributed by atoms with Crippen LogP contribution < -0.4 is 0 Å². The highest BCUT2D eigenvalue weighted by Gasteiger charge is 2.30. The van der Waals surface area contributed by atoms with E-state index in [4.69, 9.17) is 15.7 Å². The normalized spacial score (nSPS) is 15.2. The first kappa shape index (κ1) is 6.27. The average Bonchev–Trinajstić information content (AvgIpc) is 2.09. The van der Waals surface area contributed by atoms with Crippen LogP contribution in [0.5, 0.6) is 0 Å². The van der Waals surface area contributed by atoms with Crippen molar-refractivity contribution in [2.75, 3.05) is 0 Å². The third-order valence-corrected chi connectivity index (χ3v) is 1.56. The first-order valence-corrected chi connectivity index (χ1v) is 3.87. The lowest BCUT2D eigenvalue weighted by atomic mass is 10.2. The van der Waals surface area contributed by atoms with Gasteiger partial charge in [-0.25, -0.2) is 0 Å². The van der Waals surface area contributed by atoms with Crippen LogP contribution >= 0.6 is 27.5 Å². The molecule has 0 nitrogen and oxygen atoms in total. The molecule has 1 rings (SSSR count). The summed E-state index contributed by atoms with van der Waals surface area (Å²) in [5, 5.41) is -0.620. The summed E-state index contributed by atoms with van der Waals surface area (Å²) in [6.07, 6.45) is -4.83. The number of rotatable bonds is 0. The summed E-state index contributed by atoms with van der Waals surface area (Å²) in [7, 11) is 0. The number of alkyl halides is 3. The van der Waals surface area contributed by atoms with Crippen LogP contribution in [0.3, 0.4) is 0 Å². The summed E-state index contributed by atoms with van der Waals surface area (Å²) < 4.78 is 58.4. The van der Waals surface area contributed by atoms with Crippen LogP contribution in [0.1, 0.15) is 9.68 Å². The van der Waals surface area contributed by atoms with Crippen molar-refractivity contribution < 1.29 is 17.3 Å². The molecule has 0 fully saturated rings. The summed E-state index contributed by atoms with van der Waals surface area (Å²) in [5.74, 6) is 0. The smallest absolute Gasteiger partial charge is 0.166 e. The lowest BCUT2D eigenvalue weighted by Crippen LogP contribution is -2.04. The summed E-state index contributed by atoms with van der Waals surface area (Å²) in [6, 6.07) is -2.47. The van der Waals surface area contributed by atoms with Gasteiger partial charge < -0.3 is 0 Å². The van der Waals surface area contributed by atoms with Crippen LogP contribution in [0.25, 0.3) is 0 Å². The Labute approximate surface area is 84.7 Å². The molecule has 0 aliphatic carbocycles. The van der Waals surface area contributed by atoms with Gasteiger partial charge in [0.25, 0.3) is 0 Å². The molecule has 0 aliphatic rings. The highest BCUT2D eigenvalue weighted by Crippen LogP contribution is 2.33. The quantitative estimate of drug-likeness (QED) is 0.660. The first-order chi connectivity index (χ1) is 6.68. The lowest BCUT2D eigenvalue weighted by Gasteiger charge is -2.06. The van der Waals surface area contributed by atoms with Gasteiger partial charge in [-0.2, -0.15) is 13.2 Å². The van der Waals surface area contributed by atoms with Crippen molar-refractivity contribution in [3.63, 3.8) is 0 Å². The third-order valence-electron chi connectivity index (χ3n) is 0.972. The molecule has 0 bridgehead atoms. The molecule has 0 saturated carbocycles. The standard InChI is InChI=1S/C7H3BrClF3/c8-5-1-4(7(10,11)12)2-6(9)3-5/h1-3H/i1D,2D,3D. The topological polar surface area (TPSA) is 0 Å². The minimum atomic E-state index is -4.83. The molecule has 1 aromatic rings. The van der Waals surface area contributed by atoms with Gasteiger partial charge in [0.2, 0.25) is 0 Å². The Morgan fingerprint density at radius 3 is 2.42 bits per heavy atom. The summed E-state index contributed by atoms with van der Waals surface area (Å²) in [5.41, 5.74) is -1.43. The molecule has 0 N–H and O–H groups in total. The number of benzene rings is 1. The fraction of sp³-hybridized carbons (Fsp3) is 0.143. The summed E-state index contributed by atoms with van der Waals surface area (Å²) >= 11 is 8.04. The van der Waals surface area contributed by atoms with E-state index in [-0.39, 0.29) is 4.47 Å². The Bertz CT molecular complexity index is 390. The van der Waals surface area contributed by atoms with E-state index < -0.39 is 34.9 Å². The minimum absolute atomic E-state index is 0.365. The van der Waals surface area contributed by atoms with Crippen molar-refractivity contribution in [1.29, 1.82) is 0 Å². The number of halogens is 5. The van der Waals surface area contributed by atoms with Crippen molar-refractivity contribution in [3.05, 3.63) is 33.2 Å². The Morgan fingerprint density at radius 1 is 1.33 bits per heavy atom. The van der Waals surface area contributed by atoms with Gasteiger partial charge in [0.05, 0.1) is 9.68 Å². The highest BCUT2D eigenvalue weighted by atomic mass is 79.9. The molecule has 5 heteroatoms. The van der Waals surface area contributed by atoms with Gasteiger partial charge in [-0.1, -0.05) is 27.5 Å². The molecule has 0 saturated heterocycles. The second-order valence-electron chi connectivity index (χ2n) is 1.88. The lowest BCUT2D eigenvalue weighted by molar-refractivity contribution is -0.137. The van der Waals surface area contributed by atoms with Crippen molar-refractivity contribution in [3.8, 4) is 0 Å². The molecule has 0 radical (unpaired) electrons. The fourth-order valence-electron chi connectivity index (χ4n) is 0.551. The monoisotopic (exact) mass is 261 g/mol. The summed E-state index contributed by atoms with van der Waals surface area (Å²) in [6.45, 7) is 0. The van der Waals surface area contributed by atoms with Gasteiger partial charge in [-0.3, -0.25) is 0 Å². The fourth-order valence-corrected chi connectivity index (χ4v) is 1.25. The maximum atomic E-state index is 12.4. The predicted octanol–water partition coefficient (Wildman–Crippen LogP) is 4.12. The Morgan fingerprint density at radius 2 is 1.92 bits per heavy atom. The molecule has 0 amide bonds. The molecular weight excluding hydrogens is 256 g/mol. The van der Waals surface area contributed by atoms with Crippen LogP contribution in [0.15, 0.2) is 22.6 Å². The largest absolute Gasteiger partial charge is 0.416 e. The van der Waals surface area contributed by atoms with Gasteiger partial charge in [0, 0.05) is 9.50 Å². The molecule has 0 atom stereocenters. The third kappa shape index (κ3) is 2.38. The minimum Gasteiger partial charge on any atom is -0.166 e. The molecule has 1 aromatic carbocycles. The Balaban J connectivity index is 3.68. The highest BCUT2D eigenvalue weighted by molar-refractivity contribution is 9.10. The van der Waals surface area contributed by atoms with E-state index in [1.54, 1.807) is 0 Å². The molecule has 0 aliphatic heterocycles. The van der Waals surface area contributed by atoms with Gasteiger partial charge in [-0.05, 0) is 18.1 Å². The van der Waals surface area contributed by atoms with Crippen molar-refractivity contribution >= 4 is 27.5 Å². The van der Waals surface area contributed by atoms with E-state index in [2.05, 4.69) is 15.9 Å². The van der Waals surface area contributed by atoms with Crippen LogP contribution in [0.2, 0.25) is 5.02 Å². The van der Waals surface area contributed by atoms with E-state index in [1.807, 2.05) is 0 Å². The average molecular weight is 262 g/mol. The molecule has 0 spiro atoms. The molecule has 0 heterocycles. The van der Waals surface area contributed by atoms with Crippen LogP contribution in [-0.2, 0) is 6.18 Å². The van der Waals surface area contributed by atoms with Gasteiger partial charge in [-0.15, -0.1) is 0 Å². The van der Waals surface area contributed by atoms with E-state index >= 15 is 0 Å². The van der Waals surface area contributed by atoms with E-state index in [0.29, 0.717) is 0 Å². The second kappa shape index (κ2) is 3.26. The maximum absolute atomic E-state index is 12.4. The number of hydrogen-bond acceptors (Lipinski definition) is 0. The van der Waals surface area contributed by atoms with Gasteiger partial charge in [0.15, 0.2) is 0 Å². The van der Waals surface area contributed by atoms with Crippen molar-refractivity contribution in [1.82, 2.24) is 0 Å². The zero-order valence-electron chi connectivity index (χ0n) is 8.39. The summed E-state index contributed by atoms with van der Waals surface area (Å²) in [4.78, 5) is 0. The van der Waals surface area contributed by atoms with E-state index in [0.717, 1.165) is 0 Å². The number of hydrogen-bond donors (Lipinski definition) is 0. The first-order valence-electron chi connectivity index (χ1n) is 4.19. The van der Waals surface area contributed by atoms with Crippen molar-refractivity contribution in [2.24, 2.45) is 0 Å². The molecule has 0 aromatic heterocycles. The molecule has 12 heavy (non-hydrogen) atoms. The zero-order valence-corrected chi connectivity index (χ0v) is 7.73. The Hall–Kier alpha value is -0.220. The molecule has 66 valence electrons. The van der Waals surface area contributed by atoms with Gasteiger partial charge in [0.1, 0.15) is 0 Å². The van der Waals surface area contributed by atoms with Crippen LogP contribution in [0.4, 0.5) is 13.2 Å². The van der Waals surface area contributed by atoms with Crippen molar-refractivity contribution in [2.45, 2.75) is 6.18 Å². The predicted molar refractivity (Wildman–Crippen MR) is 44.2 cm³/mol. The SMILES string of the molecule is [2H]c1c(Cl)c([2H])c(C(F)(F)F)c([2H])c1Br.